The normalized spacial score (nSPS) is 10.2. The molecular weight excluding hydrogens is 276 g/mol. The molecule has 0 fully saturated rings. The maximum absolute atomic E-state index is 12.1. The smallest absolute Gasteiger partial charge is 0.255 e. The first-order valence-corrected chi connectivity index (χ1v) is 7.14. The van der Waals surface area contributed by atoms with Gasteiger partial charge in [0.05, 0.1) is 11.3 Å². The van der Waals surface area contributed by atoms with Gasteiger partial charge in [-0.2, -0.15) is 5.10 Å². The van der Waals surface area contributed by atoms with Crippen LogP contribution >= 0.6 is 12.4 Å². The lowest BCUT2D eigenvalue weighted by atomic mass is 10.2. The number of carbonyl (C=O) groups excluding carboxylic acids is 1. The average molecular weight is 303 g/mol. The summed E-state index contributed by atoms with van der Waals surface area (Å²) in [5, 5.41) is 10.6. The van der Waals surface area contributed by atoms with Gasteiger partial charge in [-0.25, -0.2) is 0 Å². The standard InChI is InChI=1S/C14H26N4O.ClH/c1-5-7-15-8-9-16-14(19)13-11(3)17-18(10-6-2)12(13)4;/h15H,5-10H2,1-4H3,(H,16,19);1H. The molecule has 1 rings (SSSR count). The Labute approximate surface area is 127 Å². The molecule has 1 amide bonds. The Kier molecular flexibility index (Phi) is 9.25. The minimum Gasteiger partial charge on any atom is -0.351 e. The third-order valence-corrected chi connectivity index (χ3v) is 3.06. The highest BCUT2D eigenvalue weighted by Crippen LogP contribution is 2.13. The molecule has 0 radical (unpaired) electrons. The summed E-state index contributed by atoms with van der Waals surface area (Å²) in [5.74, 6) is -0.0179. The maximum Gasteiger partial charge on any atom is 0.255 e. The van der Waals surface area contributed by atoms with E-state index >= 15 is 0 Å². The van der Waals surface area contributed by atoms with Crippen LogP contribution in [0, 0.1) is 13.8 Å². The van der Waals surface area contributed by atoms with Crippen molar-refractivity contribution < 1.29 is 4.79 Å². The molecule has 0 spiro atoms. The molecule has 0 aliphatic rings. The third kappa shape index (κ3) is 5.13. The van der Waals surface area contributed by atoms with E-state index in [-0.39, 0.29) is 18.3 Å². The van der Waals surface area contributed by atoms with Crippen molar-refractivity contribution in [1.82, 2.24) is 20.4 Å². The summed E-state index contributed by atoms with van der Waals surface area (Å²) in [6.07, 6.45) is 2.12. The summed E-state index contributed by atoms with van der Waals surface area (Å²) >= 11 is 0. The molecule has 0 aliphatic heterocycles. The van der Waals surface area contributed by atoms with Crippen LogP contribution in [-0.2, 0) is 6.54 Å². The number of hydrogen-bond donors (Lipinski definition) is 2. The number of amides is 1. The third-order valence-electron chi connectivity index (χ3n) is 3.06. The molecule has 0 bridgehead atoms. The average Bonchev–Trinajstić information content (AvgIpc) is 2.65. The molecule has 0 aliphatic carbocycles. The van der Waals surface area contributed by atoms with Crippen LogP contribution in [0.1, 0.15) is 48.4 Å². The Bertz CT molecular complexity index is 418. The molecule has 1 heterocycles. The summed E-state index contributed by atoms with van der Waals surface area (Å²) in [6.45, 7) is 11.4. The topological polar surface area (TPSA) is 58.9 Å². The number of nitrogens with zero attached hydrogens (tertiary/aromatic N) is 2. The van der Waals surface area contributed by atoms with E-state index in [2.05, 4.69) is 29.6 Å². The first-order valence-electron chi connectivity index (χ1n) is 7.14. The number of rotatable bonds is 8. The quantitative estimate of drug-likeness (QED) is 0.723. The number of aryl methyl sites for hydroxylation is 2. The van der Waals surface area contributed by atoms with Crippen LogP contribution in [0.2, 0.25) is 0 Å². The van der Waals surface area contributed by atoms with Crippen LogP contribution in [-0.4, -0.2) is 35.3 Å². The second kappa shape index (κ2) is 9.77. The Morgan fingerprint density at radius 3 is 2.45 bits per heavy atom. The van der Waals surface area contributed by atoms with Crippen molar-refractivity contribution in [3.05, 3.63) is 17.0 Å². The lowest BCUT2D eigenvalue weighted by Gasteiger charge is -2.07. The van der Waals surface area contributed by atoms with Crippen molar-refractivity contribution in [2.75, 3.05) is 19.6 Å². The summed E-state index contributed by atoms with van der Waals surface area (Å²) in [6, 6.07) is 0. The van der Waals surface area contributed by atoms with Crippen molar-refractivity contribution in [2.45, 2.75) is 47.1 Å². The van der Waals surface area contributed by atoms with E-state index < -0.39 is 0 Å². The number of nitrogens with one attached hydrogen (secondary N) is 2. The van der Waals surface area contributed by atoms with E-state index in [1.807, 2.05) is 18.5 Å². The fourth-order valence-corrected chi connectivity index (χ4v) is 2.11. The molecule has 20 heavy (non-hydrogen) atoms. The Hall–Kier alpha value is -1.07. The van der Waals surface area contributed by atoms with E-state index in [1.54, 1.807) is 0 Å². The second-order valence-corrected chi connectivity index (χ2v) is 4.77. The van der Waals surface area contributed by atoms with E-state index in [4.69, 9.17) is 0 Å². The summed E-state index contributed by atoms with van der Waals surface area (Å²) < 4.78 is 1.92. The molecule has 5 nitrogen and oxygen atoms in total. The zero-order chi connectivity index (χ0) is 14.3. The molecule has 0 unspecified atom stereocenters. The van der Waals surface area contributed by atoms with Gasteiger partial charge in [0.25, 0.3) is 5.91 Å². The van der Waals surface area contributed by atoms with Gasteiger partial charge < -0.3 is 10.6 Å². The predicted octanol–water partition coefficient (Wildman–Crippen LogP) is 2.06. The van der Waals surface area contributed by atoms with Crippen molar-refractivity contribution in [3.8, 4) is 0 Å². The van der Waals surface area contributed by atoms with Gasteiger partial charge in [-0.1, -0.05) is 13.8 Å². The second-order valence-electron chi connectivity index (χ2n) is 4.77. The molecule has 6 heteroatoms. The minimum atomic E-state index is -0.0179. The van der Waals surface area contributed by atoms with Crippen LogP contribution < -0.4 is 10.6 Å². The van der Waals surface area contributed by atoms with E-state index in [0.717, 1.165) is 49.4 Å². The van der Waals surface area contributed by atoms with Crippen LogP contribution in [0.5, 0.6) is 0 Å². The summed E-state index contributed by atoms with van der Waals surface area (Å²) in [7, 11) is 0. The van der Waals surface area contributed by atoms with Gasteiger partial charge in [-0.15, -0.1) is 12.4 Å². The van der Waals surface area contributed by atoms with Gasteiger partial charge in [-0.3, -0.25) is 9.48 Å². The summed E-state index contributed by atoms with van der Waals surface area (Å²) in [5.41, 5.74) is 2.49. The SMILES string of the molecule is CCCNCCNC(=O)c1c(C)nn(CCC)c1C.Cl. The zero-order valence-corrected chi connectivity index (χ0v) is 13.8. The Morgan fingerprint density at radius 1 is 1.15 bits per heavy atom. The minimum absolute atomic E-state index is 0. The lowest BCUT2D eigenvalue weighted by Crippen LogP contribution is -2.32. The highest BCUT2D eigenvalue weighted by Gasteiger charge is 2.17. The summed E-state index contributed by atoms with van der Waals surface area (Å²) in [4.78, 5) is 12.1. The molecule has 1 aromatic rings. The number of aromatic nitrogens is 2. The van der Waals surface area contributed by atoms with E-state index in [9.17, 15) is 4.79 Å². The van der Waals surface area contributed by atoms with E-state index in [0.29, 0.717) is 6.54 Å². The zero-order valence-electron chi connectivity index (χ0n) is 13.0. The van der Waals surface area contributed by atoms with Crippen LogP contribution in [0.3, 0.4) is 0 Å². The molecule has 2 N–H and O–H groups in total. The van der Waals surface area contributed by atoms with Gasteiger partial charge in [0.2, 0.25) is 0 Å². The van der Waals surface area contributed by atoms with Gasteiger partial charge in [-0.05, 0) is 33.2 Å². The number of hydrogen-bond acceptors (Lipinski definition) is 3. The molecule has 0 atom stereocenters. The van der Waals surface area contributed by atoms with Crippen LogP contribution in [0.25, 0.3) is 0 Å². The van der Waals surface area contributed by atoms with Gasteiger partial charge in [0.1, 0.15) is 0 Å². The molecule has 0 saturated heterocycles. The first kappa shape index (κ1) is 18.9. The maximum atomic E-state index is 12.1. The fourth-order valence-electron chi connectivity index (χ4n) is 2.11. The molecular formula is C14H27ClN4O. The van der Waals surface area contributed by atoms with Gasteiger partial charge in [0, 0.05) is 25.3 Å². The van der Waals surface area contributed by atoms with Gasteiger partial charge in [0.15, 0.2) is 0 Å². The van der Waals surface area contributed by atoms with Crippen LogP contribution in [0.4, 0.5) is 0 Å². The Morgan fingerprint density at radius 2 is 1.85 bits per heavy atom. The van der Waals surface area contributed by atoms with E-state index in [1.165, 1.54) is 0 Å². The largest absolute Gasteiger partial charge is 0.351 e. The highest BCUT2D eigenvalue weighted by atomic mass is 35.5. The fraction of sp³-hybridized carbons (Fsp3) is 0.714. The molecule has 116 valence electrons. The Balaban J connectivity index is 0.00000361. The first-order chi connectivity index (χ1) is 9.11. The predicted molar refractivity (Wildman–Crippen MR) is 84.7 cm³/mol. The molecule has 0 aromatic carbocycles. The van der Waals surface area contributed by atoms with Gasteiger partial charge >= 0.3 is 0 Å². The molecule has 0 saturated carbocycles. The molecule has 1 aromatic heterocycles. The van der Waals surface area contributed by atoms with Crippen molar-refractivity contribution in [3.63, 3.8) is 0 Å². The number of carbonyl (C=O) groups is 1. The van der Waals surface area contributed by atoms with Crippen molar-refractivity contribution >= 4 is 18.3 Å². The van der Waals surface area contributed by atoms with Crippen molar-refractivity contribution in [1.29, 1.82) is 0 Å². The monoisotopic (exact) mass is 302 g/mol. The highest BCUT2D eigenvalue weighted by molar-refractivity contribution is 5.96. The van der Waals surface area contributed by atoms with Crippen molar-refractivity contribution in [2.24, 2.45) is 0 Å². The van der Waals surface area contributed by atoms with Crippen LogP contribution in [0.15, 0.2) is 0 Å². The lowest BCUT2D eigenvalue weighted by molar-refractivity contribution is 0.0952. The number of halogens is 1.